The Morgan fingerprint density at radius 1 is 1.45 bits per heavy atom. The highest BCUT2D eigenvalue weighted by Gasteiger charge is 2.38. The van der Waals surface area contributed by atoms with Crippen LogP contribution < -0.4 is 5.32 Å². The van der Waals surface area contributed by atoms with Crippen LogP contribution in [0.5, 0.6) is 0 Å². The van der Waals surface area contributed by atoms with E-state index in [1.165, 1.54) is 0 Å². The van der Waals surface area contributed by atoms with Crippen molar-refractivity contribution in [2.45, 2.75) is 46.2 Å². The molecular weight excluding hydrogens is 256 g/mol. The fourth-order valence-electron chi connectivity index (χ4n) is 2.42. The molecule has 0 aliphatic carbocycles. The SMILES string of the molecule is CC(C)(C)C(=O)N1CCCC1C(=O)NCc1ccco1. The Morgan fingerprint density at radius 3 is 2.80 bits per heavy atom. The average Bonchev–Trinajstić information content (AvgIpc) is 3.04. The van der Waals surface area contributed by atoms with Gasteiger partial charge in [0.15, 0.2) is 0 Å². The monoisotopic (exact) mass is 278 g/mol. The first-order valence-electron chi connectivity index (χ1n) is 7.01. The molecule has 20 heavy (non-hydrogen) atoms. The lowest BCUT2D eigenvalue weighted by molar-refractivity contribution is -0.144. The molecule has 1 aliphatic rings. The van der Waals surface area contributed by atoms with E-state index in [-0.39, 0.29) is 17.9 Å². The van der Waals surface area contributed by atoms with Crippen LogP contribution >= 0.6 is 0 Å². The molecule has 2 heterocycles. The van der Waals surface area contributed by atoms with Gasteiger partial charge in [0.2, 0.25) is 11.8 Å². The van der Waals surface area contributed by atoms with Gasteiger partial charge in [-0.3, -0.25) is 9.59 Å². The molecule has 1 aromatic heterocycles. The van der Waals surface area contributed by atoms with Crippen LogP contribution in [0.3, 0.4) is 0 Å². The summed E-state index contributed by atoms with van der Waals surface area (Å²) in [6.07, 6.45) is 3.18. The normalized spacial score (nSPS) is 19.1. The molecule has 1 unspecified atom stereocenters. The molecular formula is C15H22N2O3. The maximum Gasteiger partial charge on any atom is 0.243 e. The topological polar surface area (TPSA) is 62.6 Å². The Labute approximate surface area is 119 Å². The maximum absolute atomic E-state index is 12.3. The van der Waals surface area contributed by atoms with Crippen LogP contribution in [0, 0.1) is 5.41 Å². The lowest BCUT2D eigenvalue weighted by Gasteiger charge is -2.30. The van der Waals surface area contributed by atoms with Crippen molar-refractivity contribution in [3.05, 3.63) is 24.2 Å². The van der Waals surface area contributed by atoms with Crippen molar-refractivity contribution in [3.8, 4) is 0 Å². The lowest BCUT2D eigenvalue weighted by atomic mass is 9.94. The molecule has 1 N–H and O–H groups in total. The van der Waals surface area contributed by atoms with E-state index in [1.54, 1.807) is 17.2 Å². The second-order valence-corrected chi connectivity index (χ2v) is 6.20. The zero-order valence-electron chi connectivity index (χ0n) is 12.3. The molecule has 110 valence electrons. The number of hydrogen-bond acceptors (Lipinski definition) is 3. The van der Waals surface area contributed by atoms with Gasteiger partial charge in [0.1, 0.15) is 11.8 Å². The van der Waals surface area contributed by atoms with Crippen molar-refractivity contribution in [3.63, 3.8) is 0 Å². The molecule has 1 aliphatic heterocycles. The van der Waals surface area contributed by atoms with E-state index in [4.69, 9.17) is 4.42 Å². The van der Waals surface area contributed by atoms with Crippen LogP contribution in [-0.4, -0.2) is 29.3 Å². The number of carbonyl (C=O) groups excluding carboxylic acids is 2. The third-order valence-corrected chi connectivity index (χ3v) is 3.47. The van der Waals surface area contributed by atoms with E-state index in [1.807, 2.05) is 26.8 Å². The number of carbonyl (C=O) groups is 2. The number of rotatable bonds is 3. The second-order valence-electron chi connectivity index (χ2n) is 6.20. The smallest absolute Gasteiger partial charge is 0.243 e. The quantitative estimate of drug-likeness (QED) is 0.919. The lowest BCUT2D eigenvalue weighted by Crippen LogP contribution is -2.49. The van der Waals surface area contributed by atoms with E-state index in [9.17, 15) is 9.59 Å². The molecule has 0 aromatic carbocycles. The molecule has 0 spiro atoms. The number of nitrogens with zero attached hydrogens (tertiary/aromatic N) is 1. The number of furan rings is 1. The van der Waals surface area contributed by atoms with Gasteiger partial charge >= 0.3 is 0 Å². The molecule has 0 radical (unpaired) electrons. The molecule has 0 saturated carbocycles. The van der Waals surface area contributed by atoms with E-state index in [0.29, 0.717) is 18.8 Å². The Morgan fingerprint density at radius 2 is 2.20 bits per heavy atom. The van der Waals surface area contributed by atoms with Gasteiger partial charge in [-0.15, -0.1) is 0 Å². The number of likely N-dealkylation sites (tertiary alicyclic amines) is 1. The molecule has 1 aromatic rings. The van der Waals surface area contributed by atoms with Crippen LogP contribution in [0.25, 0.3) is 0 Å². The van der Waals surface area contributed by atoms with Gasteiger partial charge in [-0.1, -0.05) is 20.8 Å². The summed E-state index contributed by atoms with van der Waals surface area (Å²) < 4.78 is 5.18. The van der Waals surface area contributed by atoms with E-state index in [0.717, 1.165) is 12.8 Å². The third kappa shape index (κ3) is 3.21. The Hall–Kier alpha value is -1.78. The number of amides is 2. The summed E-state index contributed by atoms with van der Waals surface area (Å²) in [7, 11) is 0. The molecule has 1 fully saturated rings. The standard InChI is InChI=1S/C15H22N2O3/c1-15(2,3)14(19)17-8-4-7-12(17)13(18)16-10-11-6-5-9-20-11/h5-6,9,12H,4,7-8,10H2,1-3H3,(H,16,18). The highest BCUT2D eigenvalue weighted by atomic mass is 16.3. The summed E-state index contributed by atoms with van der Waals surface area (Å²) in [5, 5.41) is 2.84. The fraction of sp³-hybridized carbons (Fsp3) is 0.600. The van der Waals surface area contributed by atoms with Gasteiger partial charge in [-0.05, 0) is 25.0 Å². The van der Waals surface area contributed by atoms with Crippen LogP contribution in [0.4, 0.5) is 0 Å². The second kappa shape index (κ2) is 5.69. The molecule has 5 heteroatoms. The largest absolute Gasteiger partial charge is 0.467 e. The van der Waals surface area contributed by atoms with Crippen molar-refractivity contribution in [1.29, 1.82) is 0 Å². The van der Waals surface area contributed by atoms with Gasteiger partial charge in [-0.25, -0.2) is 0 Å². The van der Waals surface area contributed by atoms with Crippen molar-refractivity contribution < 1.29 is 14.0 Å². The Bertz CT molecular complexity index is 474. The molecule has 2 amide bonds. The van der Waals surface area contributed by atoms with Gasteiger partial charge in [0.25, 0.3) is 0 Å². The van der Waals surface area contributed by atoms with E-state index >= 15 is 0 Å². The van der Waals surface area contributed by atoms with Gasteiger partial charge in [0, 0.05) is 12.0 Å². The number of hydrogen-bond donors (Lipinski definition) is 1. The minimum atomic E-state index is -0.454. The predicted octanol–water partition coefficient (Wildman–Crippen LogP) is 1.93. The molecule has 0 bridgehead atoms. The molecule has 5 nitrogen and oxygen atoms in total. The van der Waals surface area contributed by atoms with Gasteiger partial charge in [-0.2, -0.15) is 0 Å². The van der Waals surface area contributed by atoms with Crippen molar-refractivity contribution in [2.24, 2.45) is 5.41 Å². The van der Waals surface area contributed by atoms with E-state index < -0.39 is 5.41 Å². The highest BCUT2D eigenvalue weighted by molar-refractivity contribution is 5.90. The zero-order valence-corrected chi connectivity index (χ0v) is 12.3. The molecule has 1 atom stereocenters. The van der Waals surface area contributed by atoms with Gasteiger partial charge in [0.05, 0.1) is 12.8 Å². The summed E-state index contributed by atoms with van der Waals surface area (Å²) in [4.78, 5) is 26.3. The zero-order chi connectivity index (χ0) is 14.8. The highest BCUT2D eigenvalue weighted by Crippen LogP contribution is 2.25. The molecule has 2 rings (SSSR count). The first-order valence-corrected chi connectivity index (χ1v) is 7.01. The predicted molar refractivity (Wildman–Crippen MR) is 74.7 cm³/mol. The fourth-order valence-corrected chi connectivity index (χ4v) is 2.42. The third-order valence-electron chi connectivity index (χ3n) is 3.47. The van der Waals surface area contributed by atoms with Crippen molar-refractivity contribution in [1.82, 2.24) is 10.2 Å². The summed E-state index contributed by atoms with van der Waals surface area (Å²) in [6, 6.07) is 3.25. The Balaban J connectivity index is 1.96. The van der Waals surface area contributed by atoms with Crippen LogP contribution in [0.15, 0.2) is 22.8 Å². The van der Waals surface area contributed by atoms with Crippen LogP contribution in [-0.2, 0) is 16.1 Å². The van der Waals surface area contributed by atoms with E-state index in [2.05, 4.69) is 5.32 Å². The molecule has 1 saturated heterocycles. The summed E-state index contributed by atoms with van der Waals surface area (Å²) in [6.45, 7) is 6.66. The van der Waals surface area contributed by atoms with Crippen molar-refractivity contribution in [2.75, 3.05) is 6.54 Å². The first-order chi connectivity index (χ1) is 9.39. The summed E-state index contributed by atoms with van der Waals surface area (Å²) in [5.74, 6) is 0.648. The van der Waals surface area contributed by atoms with Crippen molar-refractivity contribution >= 4 is 11.8 Å². The minimum absolute atomic E-state index is 0.0353. The number of nitrogens with one attached hydrogen (secondary N) is 1. The van der Waals surface area contributed by atoms with Crippen LogP contribution in [0.1, 0.15) is 39.4 Å². The Kier molecular flexibility index (Phi) is 4.16. The van der Waals surface area contributed by atoms with Gasteiger partial charge < -0.3 is 14.6 Å². The first kappa shape index (κ1) is 14.6. The summed E-state index contributed by atoms with van der Waals surface area (Å²) >= 11 is 0. The average molecular weight is 278 g/mol. The van der Waals surface area contributed by atoms with Crippen LogP contribution in [0.2, 0.25) is 0 Å². The minimum Gasteiger partial charge on any atom is -0.467 e. The maximum atomic E-state index is 12.3. The summed E-state index contributed by atoms with van der Waals surface area (Å²) in [5.41, 5.74) is -0.454.